The molecule has 0 spiro atoms. The molecule has 0 bridgehead atoms. The van der Waals surface area contributed by atoms with Crippen molar-refractivity contribution in [3.05, 3.63) is 64.7 Å². The zero-order chi connectivity index (χ0) is 19.5. The van der Waals surface area contributed by atoms with Crippen molar-refractivity contribution >= 4 is 23.1 Å². The second-order valence-electron chi connectivity index (χ2n) is 5.89. The summed E-state index contributed by atoms with van der Waals surface area (Å²) in [4.78, 5) is 14.0. The van der Waals surface area contributed by atoms with Gasteiger partial charge >= 0.3 is 6.18 Å². The number of carbonyl (C=O) groups is 1. The highest BCUT2D eigenvalue weighted by Gasteiger charge is 2.32. The molecule has 140 valence electrons. The Bertz CT molecular complexity index is 766. The van der Waals surface area contributed by atoms with Crippen LogP contribution < -0.4 is 10.6 Å². The van der Waals surface area contributed by atoms with Gasteiger partial charge in [0.2, 0.25) is 0 Å². The lowest BCUT2D eigenvalue weighted by molar-refractivity contribution is -0.137. The third-order valence-electron chi connectivity index (χ3n) is 3.92. The summed E-state index contributed by atoms with van der Waals surface area (Å²) in [5.74, 6) is -0.756. The Morgan fingerprint density at radius 3 is 2.42 bits per heavy atom. The van der Waals surface area contributed by atoms with Gasteiger partial charge < -0.3 is 15.7 Å². The summed E-state index contributed by atoms with van der Waals surface area (Å²) in [5, 5.41) is 10.8. The second-order valence-corrected chi connectivity index (χ2v) is 6.33. The molecule has 0 heterocycles. The first kappa shape index (κ1) is 20.2. The highest BCUT2D eigenvalue weighted by molar-refractivity contribution is 6.30. The number of ketones is 1. The van der Waals surface area contributed by atoms with Crippen molar-refractivity contribution in [3.8, 4) is 0 Å². The third kappa shape index (κ3) is 4.97. The van der Waals surface area contributed by atoms with Crippen LogP contribution in [0.15, 0.2) is 48.5 Å². The molecule has 0 amide bonds. The predicted octanol–water partition coefficient (Wildman–Crippen LogP) is 3.37. The first-order valence-electron chi connectivity index (χ1n) is 7.71. The fourth-order valence-corrected chi connectivity index (χ4v) is 2.54. The standard InChI is InChI=1S/C18H18ClF3N2O2/c1-24(14-7-5-13(19)6-8-14)10-15(25)16(23)17(26)11-3-2-4-12(9-11)18(20,21)22/h2-9,15-16,25H,10,23H2,1H3. The first-order chi connectivity index (χ1) is 12.1. The Morgan fingerprint density at radius 2 is 1.85 bits per heavy atom. The van der Waals surface area contributed by atoms with Crippen molar-refractivity contribution in [1.29, 1.82) is 0 Å². The van der Waals surface area contributed by atoms with E-state index in [4.69, 9.17) is 17.3 Å². The maximum atomic E-state index is 12.8. The Balaban J connectivity index is 2.08. The quantitative estimate of drug-likeness (QED) is 0.747. The van der Waals surface area contributed by atoms with Gasteiger partial charge in [-0.1, -0.05) is 23.7 Å². The summed E-state index contributed by atoms with van der Waals surface area (Å²) in [6.45, 7) is 0.0213. The number of aliphatic hydroxyl groups excluding tert-OH is 1. The van der Waals surface area contributed by atoms with Crippen molar-refractivity contribution in [2.24, 2.45) is 5.73 Å². The smallest absolute Gasteiger partial charge is 0.389 e. The highest BCUT2D eigenvalue weighted by atomic mass is 35.5. The molecular weight excluding hydrogens is 369 g/mol. The fourth-order valence-electron chi connectivity index (χ4n) is 2.41. The van der Waals surface area contributed by atoms with Crippen molar-refractivity contribution in [3.63, 3.8) is 0 Å². The zero-order valence-electron chi connectivity index (χ0n) is 13.9. The topological polar surface area (TPSA) is 66.6 Å². The lowest BCUT2D eigenvalue weighted by Gasteiger charge is -2.26. The number of likely N-dealkylation sites (N-methyl/N-ethyl adjacent to an activating group) is 1. The third-order valence-corrected chi connectivity index (χ3v) is 4.17. The monoisotopic (exact) mass is 386 g/mol. The van der Waals surface area contributed by atoms with E-state index in [1.165, 1.54) is 6.07 Å². The number of nitrogens with zero attached hydrogens (tertiary/aromatic N) is 1. The molecule has 0 aliphatic rings. The lowest BCUT2D eigenvalue weighted by atomic mass is 9.98. The molecule has 26 heavy (non-hydrogen) atoms. The van der Waals surface area contributed by atoms with E-state index in [1.807, 2.05) is 0 Å². The van der Waals surface area contributed by atoms with Crippen LogP contribution in [-0.4, -0.2) is 36.6 Å². The SMILES string of the molecule is CN(CC(O)C(N)C(=O)c1cccc(C(F)(F)F)c1)c1ccc(Cl)cc1. The minimum Gasteiger partial charge on any atom is -0.389 e. The number of halogens is 4. The van der Waals surface area contributed by atoms with Gasteiger partial charge in [-0.05, 0) is 36.4 Å². The summed E-state index contributed by atoms with van der Waals surface area (Å²) in [7, 11) is 1.69. The molecule has 8 heteroatoms. The Hall–Kier alpha value is -2.09. The molecule has 0 saturated carbocycles. The van der Waals surface area contributed by atoms with Gasteiger partial charge in [-0.15, -0.1) is 0 Å². The number of benzene rings is 2. The summed E-state index contributed by atoms with van der Waals surface area (Å²) < 4.78 is 38.3. The van der Waals surface area contributed by atoms with E-state index in [2.05, 4.69) is 0 Å². The lowest BCUT2D eigenvalue weighted by Crippen LogP contribution is -2.47. The van der Waals surface area contributed by atoms with Gasteiger partial charge in [0.25, 0.3) is 0 Å². The van der Waals surface area contributed by atoms with Gasteiger partial charge in [0.1, 0.15) is 0 Å². The first-order valence-corrected chi connectivity index (χ1v) is 8.09. The van der Waals surface area contributed by atoms with E-state index in [-0.39, 0.29) is 12.1 Å². The molecule has 0 aliphatic heterocycles. The molecule has 0 saturated heterocycles. The number of anilines is 1. The largest absolute Gasteiger partial charge is 0.416 e. The minimum absolute atomic E-state index is 0.0213. The molecule has 2 aromatic rings. The van der Waals surface area contributed by atoms with E-state index in [9.17, 15) is 23.1 Å². The van der Waals surface area contributed by atoms with Gasteiger partial charge in [0, 0.05) is 29.9 Å². The van der Waals surface area contributed by atoms with Crippen LogP contribution in [0.5, 0.6) is 0 Å². The number of alkyl halides is 3. The van der Waals surface area contributed by atoms with Gasteiger partial charge in [-0.3, -0.25) is 4.79 Å². The van der Waals surface area contributed by atoms with E-state index >= 15 is 0 Å². The van der Waals surface area contributed by atoms with Gasteiger partial charge in [-0.2, -0.15) is 13.2 Å². The van der Waals surface area contributed by atoms with Gasteiger partial charge in [0.15, 0.2) is 5.78 Å². The van der Waals surface area contributed by atoms with Crippen molar-refractivity contribution in [2.45, 2.75) is 18.3 Å². The molecule has 2 atom stereocenters. The molecule has 0 aliphatic carbocycles. The van der Waals surface area contributed by atoms with Crippen LogP contribution in [0.2, 0.25) is 5.02 Å². The molecule has 3 N–H and O–H groups in total. The maximum Gasteiger partial charge on any atom is 0.416 e. The number of Topliss-reactive ketones (excluding diaryl/α,β-unsaturated/α-hetero) is 1. The van der Waals surface area contributed by atoms with Gasteiger partial charge in [-0.25, -0.2) is 0 Å². The maximum absolute atomic E-state index is 12.8. The van der Waals surface area contributed by atoms with Crippen LogP contribution in [-0.2, 0) is 6.18 Å². The molecule has 2 aromatic carbocycles. The Kier molecular flexibility index (Phi) is 6.28. The van der Waals surface area contributed by atoms with E-state index in [0.717, 1.165) is 23.9 Å². The molecule has 2 rings (SSSR count). The Labute approximate surface area is 154 Å². The Morgan fingerprint density at radius 1 is 1.23 bits per heavy atom. The number of nitrogens with two attached hydrogens (primary N) is 1. The minimum atomic E-state index is -4.56. The van der Waals surface area contributed by atoms with Crippen molar-refractivity contribution in [1.82, 2.24) is 0 Å². The normalized spacial score (nSPS) is 14.0. The summed E-state index contributed by atoms with van der Waals surface area (Å²) in [5.41, 5.74) is 5.38. The molecule has 0 fully saturated rings. The average Bonchev–Trinajstić information content (AvgIpc) is 2.60. The van der Waals surface area contributed by atoms with Crippen LogP contribution in [0.1, 0.15) is 15.9 Å². The zero-order valence-corrected chi connectivity index (χ0v) is 14.6. The number of carbonyl (C=O) groups excluding carboxylic acids is 1. The molecule has 0 radical (unpaired) electrons. The van der Waals surface area contributed by atoms with E-state index < -0.39 is 29.7 Å². The van der Waals surface area contributed by atoms with Crippen molar-refractivity contribution < 1.29 is 23.1 Å². The molecule has 2 unspecified atom stereocenters. The van der Waals surface area contributed by atoms with E-state index in [1.54, 1.807) is 36.2 Å². The van der Waals surface area contributed by atoms with Crippen LogP contribution in [0, 0.1) is 0 Å². The van der Waals surface area contributed by atoms with Crippen LogP contribution in [0.4, 0.5) is 18.9 Å². The number of hydrogen-bond donors (Lipinski definition) is 2. The molecule has 4 nitrogen and oxygen atoms in total. The fraction of sp³-hybridized carbons (Fsp3) is 0.278. The summed E-state index contributed by atoms with van der Waals surface area (Å²) >= 11 is 5.81. The highest BCUT2D eigenvalue weighted by Crippen LogP contribution is 2.29. The number of aliphatic hydroxyl groups is 1. The number of hydrogen-bond acceptors (Lipinski definition) is 4. The number of rotatable bonds is 6. The van der Waals surface area contributed by atoms with E-state index in [0.29, 0.717) is 5.02 Å². The molecular formula is C18H18ClF3N2O2. The van der Waals surface area contributed by atoms with Gasteiger partial charge in [0.05, 0.1) is 17.7 Å². The van der Waals surface area contributed by atoms with Crippen LogP contribution in [0.3, 0.4) is 0 Å². The summed E-state index contributed by atoms with van der Waals surface area (Å²) in [6.07, 6.45) is -5.83. The predicted molar refractivity (Wildman–Crippen MR) is 94.5 cm³/mol. The van der Waals surface area contributed by atoms with Crippen LogP contribution in [0.25, 0.3) is 0 Å². The van der Waals surface area contributed by atoms with Crippen molar-refractivity contribution in [2.75, 3.05) is 18.5 Å². The average molecular weight is 387 g/mol. The van der Waals surface area contributed by atoms with Crippen LogP contribution >= 0.6 is 11.6 Å². The summed E-state index contributed by atoms with van der Waals surface area (Å²) in [6, 6.07) is 9.44. The molecule has 0 aromatic heterocycles. The second kappa shape index (κ2) is 8.07.